The maximum Gasteiger partial charge on any atom is 0.311 e. The average molecular weight is 276 g/mol. The molecule has 0 saturated heterocycles. The van der Waals surface area contributed by atoms with Crippen LogP contribution in [0.5, 0.6) is 5.75 Å². The molecule has 1 atom stereocenters. The van der Waals surface area contributed by atoms with E-state index < -0.39 is 4.92 Å². The molecule has 0 amide bonds. The van der Waals surface area contributed by atoms with Crippen LogP contribution in [0.15, 0.2) is 30.4 Å². The monoisotopic (exact) mass is 276 g/mol. The molecule has 0 spiro atoms. The molecule has 1 N–H and O–H groups in total. The second-order valence-electron chi connectivity index (χ2n) is 5.23. The van der Waals surface area contributed by atoms with Gasteiger partial charge in [0.15, 0.2) is 5.75 Å². The molecule has 0 saturated carbocycles. The predicted molar refractivity (Wildman–Crippen MR) is 79.3 cm³/mol. The average Bonchev–Trinajstić information content (AvgIpc) is 2.39. The Morgan fingerprint density at radius 2 is 2.20 bits per heavy atom. The number of anilines is 1. The molecule has 0 heterocycles. The van der Waals surface area contributed by atoms with Gasteiger partial charge in [0.25, 0.3) is 0 Å². The van der Waals surface area contributed by atoms with Gasteiger partial charge in [-0.3, -0.25) is 10.1 Å². The first-order valence-corrected chi connectivity index (χ1v) is 6.93. The van der Waals surface area contributed by atoms with Crippen LogP contribution < -0.4 is 10.1 Å². The fourth-order valence-electron chi connectivity index (χ4n) is 2.26. The highest BCUT2D eigenvalue weighted by atomic mass is 16.6. The van der Waals surface area contributed by atoms with Crippen molar-refractivity contribution in [2.24, 2.45) is 0 Å². The number of allylic oxidation sites excluding steroid dienone is 1. The number of ether oxygens (including phenoxy) is 1. The summed E-state index contributed by atoms with van der Waals surface area (Å²) in [4.78, 5) is 10.6. The number of nitrogens with zero attached hydrogens (tertiary/aromatic N) is 1. The fourth-order valence-corrected chi connectivity index (χ4v) is 2.26. The van der Waals surface area contributed by atoms with Crippen LogP contribution in [-0.4, -0.2) is 17.1 Å². The van der Waals surface area contributed by atoms with Crippen LogP contribution >= 0.6 is 0 Å². The van der Waals surface area contributed by atoms with E-state index in [1.807, 2.05) is 13.8 Å². The van der Waals surface area contributed by atoms with Gasteiger partial charge in [0.2, 0.25) is 0 Å². The number of nitro benzene ring substituents is 1. The van der Waals surface area contributed by atoms with E-state index in [-0.39, 0.29) is 11.8 Å². The normalized spacial score (nSPS) is 18.1. The SMILES string of the molecule is CC(C)Oc1cc(NC2CC=CCC2)ccc1[N+](=O)[O-]. The van der Waals surface area contributed by atoms with Crippen LogP contribution in [0.3, 0.4) is 0 Å². The Morgan fingerprint density at radius 3 is 2.80 bits per heavy atom. The van der Waals surface area contributed by atoms with Crippen molar-refractivity contribution in [1.82, 2.24) is 0 Å². The Kier molecular flexibility index (Phi) is 4.61. The molecule has 0 aromatic heterocycles. The first-order chi connectivity index (χ1) is 9.56. The van der Waals surface area contributed by atoms with Crippen molar-refractivity contribution in [3.63, 3.8) is 0 Å². The maximum atomic E-state index is 11.0. The standard InChI is InChI=1S/C15H20N2O3/c1-11(2)20-15-10-13(8-9-14(15)17(18)19)16-12-6-4-3-5-7-12/h3-4,8-12,16H,5-7H2,1-2H3. The lowest BCUT2D eigenvalue weighted by molar-refractivity contribution is -0.386. The Morgan fingerprint density at radius 1 is 1.40 bits per heavy atom. The largest absolute Gasteiger partial charge is 0.484 e. The lowest BCUT2D eigenvalue weighted by atomic mass is 10.0. The molecule has 1 aliphatic rings. The van der Waals surface area contributed by atoms with E-state index in [0.29, 0.717) is 11.8 Å². The molecule has 1 aromatic rings. The Labute approximate surface area is 118 Å². The molecule has 5 nitrogen and oxygen atoms in total. The highest BCUT2D eigenvalue weighted by Crippen LogP contribution is 2.31. The van der Waals surface area contributed by atoms with Gasteiger partial charge in [0, 0.05) is 23.9 Å². The van der Waals surface area contributed by atoms with Crippen LogP contribution in [0.2, 0.25) is 0 Å². The molecule has 1 aromatic carbocycles. The van der Waals surface area contributed by atoms with Crippen molar-refractivity contribution in [2.45, 2.75) is 45.3 Å². The Bertz CT molecular complexity index is 512. The van der Waals surface area contributed by atoms with Crippen molar-refractivity contribution in [3.05, 3.63) is 40.5 Å². The molecule has 0 aliphatic heterocycles. The summed E-state index contributed by atoms with van der Waals surface area (Å²) in [6, 6.07) is 5.34. The van der Waals surface area contributed by atoms with Gasteiger partial charge >= 0.3 is 5.69 Å². The van der Waals surface area contributed by atoms with Crippen LogP contribution in [0.1, 0.15) is 33.1 Å². The molecule has 1 unspecified atom stereocenters. The zero-order valence-electron chi connectivity index (χ0n) is 11.8. The summed E-state index contributed by atoms with van der Waals surface area (Å²) in [5.41, 5.74) is 0.874. The molecule has 108 valence electrons. The third kappa shape index (κ3) is 3.73. The second kappa shape index (κ2) is 6.41. The number of hydrogen-bond acceptors (Lipinski definition) is 4. The lowest BCUT2D eigenvalue weighted by Crippen LogP contribution is -2.20. The van der Waals surface area contributed by atoms with Gasteiger partial charge < -0.3 is 10.1 Å². The molecular formula is C15H20N2O3. The minimum absolute atomic E-state index is 0.00721. The van der Waals surface area contributed by atoms with Crippen molar-refractivity contribution < 1.29 is 9.66 Å². The summed E-state index contributed by atoms with van der Waals surface area (Å²) < 4.78 is 5.54. The van der Waals surface area contributed by atoms with E-state index in [9.17, 15) is 10.1 Å². The second-order valence-corrected chi connectivity index (χ2v) is 5.23. The Balaban J connectivity index is 2.17. The summed E-state index contributed by atoms with van der Waals surface area (Å²) in [5, 5.41) is 14.4. The minimum Gasteiger partial charge on any atom is -0.484 e. The summed E-state index contributed by atoms with van der Waals surface area (Å²) >= 11 is 0. The van der Waals surface area contributed by atoms with Crippen LogP contribution in [0, 0.1) is 10.1 Å². The first-order valence-electron chi connectivity index (χ1n) is 6.93. The third-order valence-corrected chi connectivity index (χ3v) is 3.16. The summed E-state index contributed by atoms with van der Waals surface area (Å²) in [6.45, 7) is 3.71. The zero-order valence-corrected chi connectivity index (χ0v) is 11.8. The third-order valence-electron chi connectivity index (χ3n) is 3.16. The molecule has 0 bridgehead atoms. The van der Waals surface area contributed by atoms with Gasteiger partial charge in [-0.15, -0.1) is 0 Å². The molecule has 2 rings (SSSR count). The number of benzene rings is 1. The molecule has 0 radical (unpaired) electrons. The van der Waals surface area contributed by atoms with Gasteiger partial charge in [-0.05, 0) is 39.2 Å². The summed E-state index contributed by atoms with van der Waals surface area (Å²) in [6.07, 6.45) is 7.38. The molecule has 20 heavy (non-hydrogen) atoms. The summed E-state index contributed by atoms with van der Waals surface area (Å²) in [5.74, 6) is 0.321. The molecule has 5 heteroatoms. The predicted octanol–water partition coefficient (Wildman–Crippen LogP) is 3.90. The zero-order chi connectivity index (χ0) is 14.5. The van der Waals surface area contributed by atoms with E-state index in [1.165, 1.54) is 6.07 Å². The number of rotatable bonds is 5. The van der Waals surface area contributed by atoms with E-state index in [4.69, 9.17) is 4.74 Å². The van der Waals surface area contributed by atoms with E-state index in [2.05, 4.69) is 17.5 Å². The number of nitro groups is 1. The van der Waals surface area contributed by atoms with E-state index in [1.54, 1.807) is 12.1 Å². The smallest absolute Gasteiger partial charge is 0.311 e. The quantitative estimate of drug-likeness (QED) is 0.503. The van der Waals surface area contributed by atoms with E-state index in [0.717, 1.165) is 24.9 Å². The molecule has 1 aliphatic carbocycles. The van der Waals surface area contributed by atoms with Crippen molar-refractivity contribution in [3.8, 4) is 5.75 Å². The first kappa shape index (κ1) is 14.4. The van der Waals surface area contributed by atoms with Gasteiger partial charge in [-0.25, -0.2) is 0 Å². The fraction of sp³-hybridized carbons (Fsp3) is 0.467. The maximum absolute atomic E-state index is 11.0. The highest BCUT2D eigenvalue weighted by Gasteiger charge is 2.18. The van der Waals surface area contributed by atoms with Crippen LogP contribution in [0.25, 0.3) is 0 Å². The summed E-state index contributed by atoms with van der Waals surface area (Å²) in [7, 11) is 0. The van der Waals surface area contributed by atoms with Crippen LogP contribution in [0.4, 0.5) is 11.4 Å². The van der Waals surface area contributed by atoms with Gasteiger partial charge in [-0.1, -0.05) is 12.2 Å². The molecular weight excluding hydrogens is 256 g/mol. The van der Waals surface area contributed by atoms with Gasteiger partial charge in [-0.2, -0.15) is 0 Å². The number of hydrogen-bond donors (Lipinski definition) is 1. The van der Waals surface area contributed by atoms with Crippen molar-refractivity contribution >= 4 is 11.4 Å². The lowest BCUT2D eigenvalue weighted by Gasteiger charge is -2.21. The van der Waals surface area contributed by atoms with E-state index >= 15 is 0 Å². The number of nitrogens with one attached hydrogen (secondary N) is 1. The highest BCUT2D eigenvalue weighted by molar-refractivity contribution is 5.58. The minimum atomic E-state index is -0.412. The van der Waals surface area contributed by atoms with Gasteiger partial charge in [0.05, 0.1) is 11.0 Å². The van der Waals surface area contributed by atoms with Crippen molar-refractivity contribution in [1.29, 1.82) is 0 Å². The van der Waals surface area contributed by atoms with Crippen LogP contribution in [-0.2, 0) is 0 Å². The Hall–Kier alpha value is -2.04. The van der Waals surface area contributed by atoms with Crippen molar-refractivity contribution in [2.75, 3.05) is 5.32 Å². The topological polar surface area (TPSA) is 64.4 Å². The molecule has 0 fully saturated rings. The van der Waals surface area contributed by atoms with Gasteiger partial charge in [0.1, 0.15) is 0 Å².